The first kappa shape index (κ1) is 20.0. The molecule has 0 amide bonds. The summed E-state index contributed by atoms with van der Waals surface area (Å²) in [5.74, 6) is 6.44. The Morgan fingerprint density at radius 1 is 1.03 bits per heavy atom. The van der Waals surface area contributed by atoms with Gasteiger partial charge in [0.25, 0.3) is 0 Å². The molecule has 1 aromatic heterocycles. The molecule has 0 unspecified atom stereocenters. The Morgan fingerprint density at radius 3 is 2.53 bits per heavy atom. The number of hydrogen-bond acceptors (Lipinski definition) is 3. The molecule has 4 heteroatoms. The van der Waals surface area contributed by atoms with Crippen LogP contribution < -0.4 is 4.74 Å². The zero-order chi connectivity index (χ0) is 21.7. The molecule has 0 radical (unpaired) electrons. The molecular formula is C28H32N2O2. The van der Waals surface area contributed by atoms with Crippen molar-refractivity contribution in [1.82, 2.24) is 9.97 Å². The van der Waals surface area contributed by atoms with Gasteiger partial charge in [0.15, 0.2) is 0 Å². The molecule has 3 aromatic rings. The van der Waals surface area contributed by atoms with Gasteiger partial charge in [-0.2, -0.15) is 0 Å². The molecule has 4 aliphatic rings. The maximum atomic E-state index is 13.0. The predicted octanol–water partition coefficient (Wildman–Crippen LogP) is 5.74. The SMILES string of the molecule is COc1ccccc1Cc1nc2ccc(CC(=O)CC3C4CC5CC(C4)CC3C5)cc2[nH]1. The number of ketones is 1. The Labute approximate surface area is 189 Å². The summed E-state index contributed by atoms with van der Waals surface area (Å²) < 4.78 is 5.47. The van der Waals surface area contributed by atoms with Gasteiger partial charge >= 0.3 is 0 Å². The van der Waals surface area contributed by atoms with Gasteiger partial charge in [0.1, 0.15) is 17.4 Å². The Balaban J connectivity index is 1.14. The quantitative estimate of drug-likeness (QED) is 0.522. The van der Waals surface area contributed by atoms with Gasteiger partial charge in [0, 0.05) is 24.8 Å². The highest BCUT2D eigenvalue weighted by Crippen LogP contribution is 2.57. The molecule has 0 saturated heterocycles. The molecule has 4 aliphatic carbocycles. The van der Waals surface area contributed by atoms with Crippen LogP contribution in [0.25, 0.3) is 11.0 Å². The van der Waals surface area contributed by atoms with Gasteiger partial charge in [-0.3, -0.25) is 4.79 Å². The number of Topliss-reactive ketones (excluding diaryl/α,β-unsaturated/α-hetero) is 1. The third-order valence-electron chi connectivity index (χ3n) is 8.43. The van der Waals surface area contributed by atoms with E-state index in [4.69, 9.17) is 9.72 Å². The number of para-hydroxylation sites is 1. The molecule has 0 aliphatic heterocycles. The molecule has 2 aromatic carbocycles. The van der Waals surface area contributed by atoms with Crippen molar-refractivity contribution >= 4 is 16.8 Å². The molecule has 1 N–H and O–H groups in total. The number of methoxy groups -OCH3 is 1. The van der Waals surface area contributed by atoms with Gasteiger partial charge in [0.05, 0.1) is 18.1 Å². The van der Waals surface area contributed by atoms with Crippen molar-refractivity contribution in [2.24, 2.45) is 29.6 Å². The van der Waals surface area contributed by atoms with Crippen molar-refractivity contribution in [2.45, 2.75) is 51.4 Å². The molecule has 4 fully saturated rings. The molecule has 1 heterocycles. The lowest BCUT2D eigenvalue weighted by Gasteiger charge is -2.54. The van der Waals surface area contributed by atoms with E-state index in [-0.39, 0.29) is 0 Å². The largest absolute Gasteiger partial charge is 0.496 e. The predicted molar refractivity (Wildman–Crippen MR) is 126 cm³/mol. The summed E-state index contributed by atoms with van der Waals surface area (Å²) in [5.41, 5.74) is 4.17. The summed E-state index contributed by atoms with van der Waals surface area (Å²) in [4.78, 5) is 21.2. The number of fused-ring (bicyclic) bond motifs is 1. The topological polar surface area (TPSA) is 55.0 Å². The van der Waals surface area contributed by atoms with E-state index in [9.17, 15) is 4.79 Å². The van der Waals surface area contributed by atoms with Gasteiger partial charge < -0.3 is 9.72 Å². The van der Waals surface area contributed by atoms with Crippen molar-refractivity contribution < 1.29 is 9.53 Å². The van der Waals surface area contributed by atoms with Gasteiger partial charge in [-0.25, -0.2) is 4.98 Å². The summed E-state index contributed by atoms with van der Waals surface area (Å²) >= 11 is 0. The standard InChI is InChI=1S/C28H32N2O2/c1-32-27-5-3-2-4-20(27)15-28-29-25-7-6-17(14-26(25)30-28)13-23(31)16-24-21-9-18-8-19(11-21)12-22(24)10-18/h2-7,14,18-19,21-22,24H,8-13,15-16H2,1H3,(H,29,30). The van der Waals surface area contributed by atoms with Crippen LogP contribution >= 0.6 is 0 Å². The summed E-state index contributed by atoms with van der Waals surface area (Å²) in [7, 11) is 1.70. The van der Waals surface area contributed by atoms with Crippen LogP contribution in [0.15, 0.2) is 42.5 Å². The van der Waals surface area contributed by atoms with Crippen molar-refractivity contribution in [2.75, 3.05) is 7.11 Å². The Kier molecular flexibility index (Phi) is 5.04. The Bertz CT molecular complexity index is 1120. The summed E-state index contributed by atoms with van der Waals surface area (Å²) in [5, 5.41) is 0. The first-order chi connectivity index (χ1) is 15.6. The second-order valence-corrected chi connectivity index (χ2v) is 10.5. The number of nitrogens with one attached hydrogen (secondary N) is 1. The molecule has 7 rings (SSSR count). The zero-order valence-corrected chi connectivity index (χ0v) is 18.8. The number of nitrogens with zero attached hydrogens (tertiary/aromatic N) is 1. The molecule has 4 nitrogen and oxygen atoms in total. The molecule has 0 spiro atoms. The Hall–Kier alpha value is -2.62. The maximum Gasteiger partial charge on any atom is 0.137 e. The fraction of sp³-hybridized carbons (Fsp3) is 0.500. The third-order valence-corrected chi connectivity index (χ3v) is 8.43. The van der Waals surface area contributed by atoms with Gasteiger partial charge in [0.2, 0.25) is 0 Å². The molecule has 4 saturated carbocycles. The van der Waals surface area contributed by atoms with Gasteiger partial charge in [-0.15, -0.1) is 0 Å². The number of ether oxygens (including phenoxy) is 1. The average Bonchev–Trinajstić information content (AvgIpc) is 3.17. The lowest BCUT2D eigenvalue weighted by atomic mass is 9.51. The van der Waals surface area contributed by atoms with Crippen LogP contribution in [0.3, 0.4) is 0 Å². The van der Waals surface area contributed by atoms with E-state index in [0.29, 0.717) is 24.5 Å². The van der Waals surface area contributed by atoms with E-state index in [1.807, 2.05) is 24.3 Å². The van der Waals surface area contributed by atoms with E-state index < -0.39 is 0 Å². The second-order valence-electron chi connectivity index (χ2n) is 10.5. The number of benzene rings is 2. The van der Waals surface area contributed by atoms with Crippen LogP contribution in [0, 0.1) is 29.6 Å². The van der Waals surface area contributed by atoms with Crippen LogP contribution in [-0.4, -0.2) is 22.9 Å². The highest BCUT2D eigenvalue weighted by molar-refractivity contribution is 5.83. The summed E-state index contributed by atoms with van der Waals surface area (Å²) in [6.07, 6.45) is 9.05. The Morgan fingerprint density at radius 2 is 1.78 bits per heavy atom. The first-order valence-corrected chi connectivity index (χ1v) is 12.3. The minimum Gasteiger partial charge on any atom is -0.496 e. The number of carbonyl (C=O) groups is 1. The highest BCUT2D eigenvalue weighted by atomic mass is 16.5. The van der Waals surface area contributed by atoms with Crippen LogP contribution in [0.5, 0.6) is 5.75 Å². The maximum absolute atomic E-state index is 13.0. The fourth-order valence-electron chi connectivity index (χ4n) is 7.27. The normalized spacial score (nSPS) is 28.3. The lowest BCUT2D eigenvalue weighted by Crippen LogP contribution is -2.45. The van der Waals surface area contributed by atoms with Gasteiger partial charge in [-0.1, -0.05) is 24.3 Å². The van der Waals surface area contributed by atoms with E-state index in [2.05, 4.69) is 23.2 Å². The number of rotatable bonds is 7. The van der Waals surface area contributed by atoms with Gasteiger partial charge in [-0.05, 0) is 85.5 Å². The second kappa shape index (κ2) is 8.06. The summed E-state index contributed by atoms with van der Waals surface area (Å²) in [6.45, 7) is 0. The minimum absolute atomic E-state index is 0.413. The number of aromatic amines is 1. The van der Waals surface area contributed by atoms with E-state index in [1.165, 1.54) is 32.1 Å². The minimum atomic E-state index is 0.413. The van der Waals surface area contributed by atoms with Crippen molar-refractivity contribution in [1.29, 1.82) is 0 Å². The average molecular weight is 429 g/mol. The van der Waals surface area contributed by atoms with E-state index in [0.717, 1.165) is 63.8 Å². The number of H-pyrrole nitrogens is 1. The number of hydrogen-bond donors (Lipinski definition) is 1. The monoisotopic (exact) mass is 428 g/mol. The molecule has 0 atom stereocenters. The third kappa shape index (κ3) is 3.74. The van der Waals surface area contributed by atoms with Crippen molar-refractivity contribution in [3.05, 3.63) is 59.4 Å². The lowest BCUT2D eigenvalue weighted by molar-refractivity contribution is -0.123. The molecule has 32 heavy (non-hydrogen) atoms. The van der Waals surface area contributed by atoms with E-state index >= 15 is 0 Å². The smallest absolute Gasteiger partial charge is 0.137 e. The summed E-state index contributed by atoms with van der Waals surface area (Å²) in [6, 6.07) is 14.3. The molecular weight excluding hydrogens is 396 g/mol. The van der Waals surface area contributed by atoms with Crippen molar-refractivity contribution in [3.8, 4) is 5.75 Å². The molecule has 4 bridgehead atoms. The van der Waals surface area contributed by atoms with Crippen LogP contribution in [0.1, 0.15) is 55.5 Å². The van der Waals surface area contributed by atoms with Crippen molar-refractivity contribution in [3.63, 3.8) is 0 Å². The number of aromatic nitrogens is 2. The number of carbonyl (C=O) groups excluding carboxylic acids is 1. The zero-order valence-electron chi connectivity index (χ0n) is 18.8. The fourth-order valence-corrected chi connectivity index (χ4v) is 7.27. The number of imidazole rings is 1. The van der Waals surface area contributed by atoms with Crippen LogP contribution in [0.2, 0.25) is 0 Å². The highest BCUT2D eigenvalue weighted by Gasteiger charge is 2.48. The van der Waals surface area contributed by atoms with Crippen LogP contribution in [-0.2, 0) is 17.6 Å². The molecule has 166 valence electrons. The van der Waals surface area contributed by atoms with Crippen LogP contribution in [0.4, 0.5) is 0 Å². The first-order valence-electron chi connectivity index (χ1n) is 12.3. The van der Waals surface area contributed by atoms with E-state index in [1.54, 1.807) is 7.11 Å².